The molecule has 2 aromatic rings. The van der Waals surface area contributed by atoms with Crippen molar-refractivity contribution >= 4 is 40.3 Å². The SMILES string of the molecule is Cc1nc(C)c(C(=O)N2CCSC(c3cccs3)CC2)s1. The van der Waals surface area contributed by atoms with Crippen molar-refractivity contribution in [3.05, 3.63) is 38.0 Å². The van der Waals surface area contributed by atoms with Crippen LogP contribution in [0.1, 0.15) is 36.9 Å². The fourth-order valence-corrected chi connectivity index (χ4v) is 5.67. The number of aryl methyl sites for hydroxylation is 2. The van der Waals surface area contributed by atoms with E-state index in [4.69, 9.17) is 0 Å². The molecular weight excluding hydrogens is 320 g/mol. The smallest absolute Gasteiger partial charge is 0.265 e. The van der Waals surface area contributed by atoms with Crippen LogP contribution in [-0.4, -0.2) is 34.6 Å². The predicted octanol–water partition coefficient (Wildman–Crippen LogP) is 4.14. The molecule has 1 amide bonds. The standard InChI is InChI=1S/C15H18N2OS3/c1-10-14(21-11(2)16-10)15(18)17-6-5-13(20-9-7-17)12-4-3-8-19-12/h3-4,8,13H,5-7,9H2,1-2H3. The Morgan fingerprint density at radius 3 is 2.90 bits per heavy atom. The van der Waals surface area contributed by atoms with Gasteiger partial charge in [-0.1, -0.05) is 6.07 Å². The Morgan fingerprint density at radius 1 is 1.38 bits per heavy atom. The van der Waals surface area contributed by atoms with Crippen LogP contribution in [0.25, 0.3) is 0 Å². The van der Waals surface area contributed by atoms with Crippen molar-refractivity contribution in [2.75, 3.05) is 18.8 Å². The van der Waals surface area contributed by atoms with E-state index >= 15 is 0 Å². The van der Waals surface area contributed by atoms with Gasteiger partial charge in [0.05, 0.1) is 10.7 Å². The minimum atomic E-state index is 0.158. The van der Waals surface area contributed by atoms with Crippen molar-refractivity contribution < 1.29 is 4.79 Å². The highest BCUT2D eigenvalue weighted by Gasteiger charge is 2.25. The lowest BCUT2D eigenvalue weighted by Crippen LogP contribution is -2.32. The summed E-state index contributed by atoms with van der Waals surface area (Å²) in [5.74, 6) is 1.16. The fourth-order valence-electron chi connectivity index (χ4n) is 2.55. The zero-order chi connectivity index (χ0) is 14.8. The van der Waals surface area contributed by atoms with Crippen molar-refractivity contribution in [2.24, 2.45) is 0 Å². The van der Waals surface area contributed by atoms with Gasteiger partial charge in [0, 0.05) is 29.0 Å². The zero-order valence-electron chi connectivity index (χ0n) is 12.2. The number of thioether (sulfide) groups is 1. The van der Waals surface area contributed by atoms with Gasteiger partial charge in [0.25, 0.3) is 5.91 Å². The average Bonchev–Trinajstić information content (AvgIpc) is 3.02. The van der Waals surface area contributed by atoms with Crippen LogP contribution in [0.3, 0.4) is 0 Å². The molecule has 1 atom stereocenters. The van der Waals surface area contributed by atoms with Gasteiger partial charge in [-0.25, -0.2) is 4.98 Å². The number of aromatic nitrogens is 1. The second-order valence-electron chi connectivity index (χ2n) is 5.10. The van der Waals surface area contributed by atoms with E-state index in [2.05, 4.69) is 22.5 Å². The summed E-state index contributed by atoms with van der Waals surface area (Å²) >= 11 is 5.30. The van der Waals surface area contributed by atoms with Gasteiger partial charge in [-0.15, -0.1) is 22.7 Å². The Morgan fingerprint density at radius 2 is 2.24 bits per heavy atom. The average molecular weight is 339 g/mol. The number of rotatable bonds is 2. The lowest BCUT2D eigenvalue weighted by atomic mass is 10.2. The molecule has 1 aliphatic heterocycles. The number of carbonyl (C=O) groups excluding carboxylic acids is 1. The van der Waals surface area contributed by atoms with Crippen LogP contribution in [0.5, 0.6) is 0 Å². The van der Waals surface area contributed by atoms with Crippen LogP contribution in [0.4, 0.5) is 0 Å². The molecule has 0 bridgehead atoms. The van der Waals surface area contributed by atoms with E-state index in [0.29, 0.717) is 5.25 Å². The summed E-state index contributed by atoms with van der Waals surface area (Å²) in [5.41, 5.74) is 0.870. The molecule has 0 N–H and O–H groups in total. The molecular formula is C15H18N2OS3. The van der Waals surface area contributed by atoms with E-state index in [1.807, 2.05) is 41.8 Å². The fraction of sp³-hybridized carbons (Fsp3) is 0.467. The van der Waals surface area contributed by atoms with Gasteiger partial charge in [-0.05, 0) is 31.7 Å². The molecule has 1 fully saturated rings. The molecule has 6 heteroatoms. The zero-order valence-corrected chi connectivity index (χ0v) is 14.6. The van der Waals surface area contributed by atoms with Gasteiger partial charge in [0.15, 0.2) is 0 Å². The first-order valence-corrected chi connectivity index (χ1v) is 9.78. The highest BCUT2D eigenvalue weighted by Crippen LogP contribution is 2.37. The Balaban J connectivity index is 1.70. The first-order valence-electron chi connectivity index (χ1n) is 7.03. The van der Waals surface area contributed by atoms with Crippen LogP contribution in [0.15, 0.2) is 17.5 Å². The first-order chi connectivity index (χ1) is 10.1. The minimum absolute atomic E-state index is 0.158. The molecule has 3 heterocycles. The van der Waals surface area contributed by atoms with E-state index in [9.17, 15) is 4.79 Å². The molecule has 0 spiro atoms. The molecule has 3 rings (SSSR count). The van der Waals surface area contributed by atoms with Crippen molar-refractivity contribution in [3.8, 4) is 0 Å². The topological polar surface area (TPSA) is 33.2 Å². The largest absolute Gasteiger partial charge is 0.337 e. The Hall–Kier alpha value is -0.850. The summed E-state index contributed by atoms with van der Waals surface area (Å²) in [6.45, 7) is 5.56. The maximum absolute atomic E-state index is 12.7. The summed E-state index contributed by atoms with van der Waals surface area (Å²) in [6, 6.07) is 4.31. The number of hydrogen-bond acceptors (Lipinski definition) is 5. The number of carbonyl (C=O) groups is 1. The van der Waals surface area contributed by atoms with Crippen LogP contribution in [0.2, 0.25) is 0 Å². The second-order valence-corrected chi connectivity index (χ2v) is 8.60. The molecule has 0 aliphatic carbocycles. The van der Waals surface area contributed by atoms with Gasteiger partial charge in [-0.3, -0.25) is 4.79 Å². The molecule has 0 aromatic carbocycles. The van der Waals surface area contributed by atoms with E-state index < -0.39 is 0 Å². The number of thiazole rings is 1. The van der Waals surface area contributed by atoms with E-state index in [1.54, 1.807) is 0 Å². The maximum atomic E-state index is 12.7. The normalized spacial score (nSPS) is 19.5. The predicted molar refractivity (Wildman–Crippen MR) is 91.6 cm³/mol. The monoisotopic (exact) mass is 338 g/mol. The molecule has 0 radical (unpaired) electrons. The highest BCUT2D eigenvalue weighted by molar-refractivity contribution is 7.99. The number of nitrogens with zero attached hydrogens (tertiary/aromatic N) is 2. The molecule has 1 aliphatic rings. The van der Waals surface area contributed by atoms with Gasteiger partial charge in [0.2, 0.25) is 0 Å². The lowest BCUT2D eigenvalue weighted by molar-refractivity contribution is 0.0770. The molecule has 112 valence electrons. The maximum Gasteiger partial charge on any atom is 0.265 e. The molecule has 0 saturated carbocycles. The second kappa shape index (κ2) is 6.50. The number of amides is 1. The van der Waals surface area contributed by atoms with Gasteiger partial charge < -0.3 is 4.90 Å². The molecule has 1 saturated heterocycles. The van der Waals surface area contributed by atoms with Crippen LogP contribution in [0, 0.1) is 13.8 Å². The summed E-state index contributed by atoms with van der Waals surface area (Å²) in [5, 5.41) is 3.64. The van der Waals surface area contributed by atoms with Crippen molar-refractivity contribution in [1.29, 1.82) is 0 Å². The van der Waals surface area contributed by atoms with Crippen molar-refractivity contribution in [2.45, 2.75) is 25.5 Å². The van der Waals surface area contributed by atoms with E-state index in [-0.39, 0.29) is 5.91 Å². The van der Waals surface area contributed by atoms with Gasteiger partial charge in [-0.2, -0.15) is 11.8 Å². The van der Waals surface area contributed by atoms with Gasteiger partial charge >= 0.3 is 0 Å². The summed E-state index contributed by atoms with van der Waals surface area (Å²) in [7, 11) is 0. The molecule has 2 aromatic heterocycles. The minimum Gasteiger partial charge on any atom is -0.337 e. The molecule has 3 nitrogen and oxygen atoms in total. The van der Waals surface area contributed by atoms with Gasteiger partial charge in [0.1, 0.15) is 4.88 Å². The van der Waals surface area contributed by atoms with E-state index in [1.165, 1.54) is 16.2 Å². The molecule has 1 unspecified atom stereocenters. The van der Waals surface area contributed by atoms with Crippen LogP contribution >= 0.6 is 34.4 Å². The lowest BCUT2D eigenvalue weighted by Gasteiger charge is -2.19. The quantitative estimate of drug-likeness (QED) is 0.825. The number of hydrogen-bond donors (Lipinski definition) is 0. The Kier molecular flexibility index (Phi) is 4.66. The van der Waals surface area contributed by atoms with E-state index in [0.717, 1.165) is 40.8 Å². The molecule has 21 heavy (non-hydrogen) atoms. The third-order valence-electron chi connectivity index (χ3n) is 3.59. The van der Waals surface area contributed by atoms with Crippen LogP contribution < -0.4 is 0 Å². The summed E-state index contributed by atoms with van der Waals surface area (Å²) < 4.78 is 0. The summed E-state index contributed by atoms with van der Waals surface area (Å²) in [4.78, 5) is 21.3. The summed E-state index contributed by atoms with van der Waals surface area (Å²) in [6.07, 6.45) is 1.04. The number of thiophene rings is 1. The first kappa shape index (κ1) is 15.1. The third-order valence-corrected chi connectivity index (χ3v) is 7.09. The Bertz CT molecular complexity index is 621. The van der Waals surface area contributed by atoms with Crippen LogP contribution in [-0.2, 0) is 0 Å². The van der Waals surface area contributed by atoms with Crippen molar-refractivity contribution in [3.63, 3.8) is 0 Å². The third kappa shape index (κ3) is 3.33. The Labute approximate surface area is 137 Å². The van der Waals surface area contributed by atoms with Crippen molar-refractivity contribution in [1.82, 2.24) is 9.88 Å². The highest BCUT2D eigenvalue weighted by atomic mass is 32.2.